The number of allylic oxidation sites excluding steroid dienone is 2. The van der Waals surface area contributed by atoms with Crippen LogP contribution in [0, 0.1) is 11.3 Å². The van der Waals surface area contributed by atoms with Crippen LogP contribution < -0.4 is 0 Å². The molecule has 0 saturated heterocycles. The van der Waals surface area contributed by atoms with Gasteiger partial charge in [0.25, 0.3) is 0 Å². The molecule has 86 valence electrons. The summed E-state index contributed by atoms with van der Waals surface area (Å²) in [6.07, 6.45) is 3.09. The van der Waals surface area contributed by atoms with Crippen LogP contribution in [0.4, 0.5) is 0 Å². The van der Waals surface area contributed by atoms with Crippen LogP contribution in [-0.2, 0) is 9.53 Å². The molecule has 0 aromatic carbocycles. The van der Waals surface area contributed by atoms with Crippen molar-refractivity contribution < 1.29 is 9.53 Å². The standard InChI is InChI=1S/C13H22O2/c1-9(2)7-10-8-13(10,6)11(14)15-12(3,4)5/h7,10H,8H2,1-6H3. The number of rotatable bonds is 2. The van der Waals surface area contributed by atoms with Gasteiger partial charge < -0.3 is 4.74 Å². The second-order valence-corrected chi connectivity index (χ2v) is 5.97. The number of ether oxygens (including phenoxy) is 1. The van der Waals surface area contributed by atoms with Crippen molar-refractivity contribution in [1.29, 1.82) is 0 Å². The molecule has 0 amide bonds. The topological polar surface area (TPSA) is 26.3 Å². The van der Waals surface area contributed by atoms with E-state index in [9.17, 15) is 4.79 Å². The van der Waals surface area contributed by atoms with E-state index in [1.165, 1.54) is 5.57 Å². The summed E-state index contributed by atoms with van der Waals surface area (Å²) in [6, 6.07) is 0. The van der Waals surface area contributed by atoms with E-state index in [0.717, 1.165) is 6.42 Å². The second-order valence-electron chi connectivity index (χ2n) is 5.97. The van der Waals surface area contributed by atoms with Crippen molar-refractivity contribution in [1.82, 2.24) is 0 Å². The van der Waals surface area contributed by atoms with E-state index in [1.54, 1.807) is 0 Å². The quantitative estimate of drug-likeness (QED) is 0.516. The van der Waals surface area contributed by atoms with Crippen LogP contribution in [0.15, 0.2) is 11.6 Å². The highest BCUT2D eigenvalue weighted by molar-refractivity contribution is 5.81. The summed E-state index contributed by atoms with van der Waals surface area (Å²) in [6.45, 7) is 11.8. The molecule has 0 aliphatic heterocycles. The van der Waals surface area contributed by atoms with Gasteiger partial charge >= 0.3 is 5.97 Å². The van der Waals surface area contributed by atoms with Crippen molar-refractivity contribution in [2.24, 2.45) is 11.3 Å². The van der Waals surface area contributed by atoms with Crippen molar-refractivity contribution >= 4 is 5.97 Å². The Bertz CT molecular complexity index is 292. The van der Waals surface area contributed by atoms with E-state index < -0.39 is 0 Å². The lowest BCUT2D eigenvalue weighted by Gasteiger charge is -2.22. The molecular weight excluding hydrogens is 188 g/mol. The average Bonchev–Trinajstić information content (AvgIpc) is 2.57. The molecular formula is C13H22O2. The Morgan fingerprint density at radius 1 is 1.40 bits per heavy atom. The minimum atomic E-state index is -0.377. The molecule has 2 atom stereocenters. The van der Waals surface area contributed by atoms with Crippen molar-refractivity contribution in [3.05, 3.63) is 11.6 Å². The highest BCUT2D eigenvalue weighted by atomic mass is 16.6. The van der Waals surface area contributed by atoms with E-state index in [1.807, 2.05) is 27.7 Å². The summed E-state index contributed by atoms with van der Waals surface area (Å²) < 4.78 is 5.41. The molecule has 2 heteroatoms. The third kappa shape index (κ3) is 3.08. The Balaban J connectivity index is 2.60. The molecule has 0 radical (unpaired) electrons. The number of esters is 1. The summed E-state index contributed by atoms with van der Waals surface area (Å²) in [5.41, 5.74) is 0.621. The normalized spacial score (nSPS) is 29.6. The van der Waals surface area contributed by atoms with E-state index >= 15 is 0 Å². The maximum absolute atomic E-state index is 11.9. The predicted octanol–water partition coefficient (Wildman–Crippen LogP) is 3.32. The van der Waals surface area contributed by atoms with Crippen molar-refractivity contribution in [3.8, 4) is 0 Å². The molecule has 1 fully saturated rings. The molecule has 0 bridgehead atoms. The number of carbonyl (C=O) groups excluding carboxylic acids is 1. The maximum atomic E-state index is 11.9. The first kappa shape index (κ1) is 12.3. The molecule has 0 heterocycles. The van der Waals surface area contributed by atoms with Gasteiger partial charge in [-0.25, -0.2) is 0 Å². The SMILES string of the molecule is CC(C)=CC1CC1(C)C(=O)OC(C)(C)C. The molecule has 2 unspecified atom stereocenters. The highest BCUT2D eigenvalue weighted by Crippen LogP contribution is 2.54. The van der Waals surface area contributed by atoms with Crippen LogP contribution in [0.1, 0.15) is 48.0 Å². The summed E-state index contributed by atoms with van der Waals surface area (Å²) in [4.78, 5) is 11.9. The monoisotopic (exact) mass is 210 g/mol. The molecule has 0 aromatic heterocycles. The van der Waals surface area contributed by atoms with Gasteiger partial charge in [-0.2, -0.15) is 0 Å². The smallest absolute Gasteiger partial charge is 0.312 e. The van der Waals surface area contributed by atoms with Gasteiger partial charge in [-0.05, 0) is 53.9 Å². The molecule has 0 spiro atoms. The zero-order chi connectivity index (χ0) is 11.9. The van der Waals surface area contributed by atoms with E-state index in [0.29, 0.717) is 5.92 Å². The van der Waals surface area contributed by atoms with Gasteiger partial charge in [0.1, 0.15) is 5.60 Å². The van der Waals surface area contributed by atoms with Gasteiger partial charge in [-0.3, -0.25) is 4.79 Å². The highest BCUT2D eigenvalue weighted by Gasteiger charge is 2.56. The molecule has 1 saturated carbocycles. The zero-order valence-electron chi connectivity index (χ0n) is 10.7. The Labute approximate surface area is 92.7 Å². The first-order chi connectivity index (χ1) is 6.65. The molecule has 1 aliphatic rings. The van der Waals surface area contributed by atoms with Gasteiger partial charge in [-0.1, -0.05) is 11.6 Å². The Kier molecular flexibility index (Phi) is 2.99. The van der Waals surface area contributed by atoms with Crippen molar-refractivity contribution in [2.45, 2.75) is 53.6 Å². The van der Waals surface area contributed by atoms with Crippen LogP contribution in [0.25, 0.3) is 0 Å². The molecule has 15 heavy (non-hydrogen) atoms. The Morgan fingerprint density at radius 2 is 1.93 bits per heavy atom. The Morgan fingerprint density at radius 3 is 2.33 bits per heavy atom. The lowest BCUT2D eigenvalue weighted by atomic mass is 10.1. The molecule has 0 N–H and O–H groups in total. The van der Waals surface area contributed by atoms with Crippen LogP contribution >= 0.6 is 0 Å². The van der Waals surface area contributed by atoms with E-state index in [4.69, 9.17) is 4.74 Å². The number of carbonyl (C=O) groups is 1. The first-order valence-electron chi connectivity index (χ1n) is 5.53. The van der Waals surface area contributed by atoms with E-state index in [-0.39, 0.29) is 17.0 Å². The van der Waals surface area contributed by atoms with E-state index in [2.05, 4.69) is 19.9 Å². The van der Waals surface area contributed by atoms with Crippen LogP contribution in [0.3, 0.4) is 0 Å². The molecule has 2 nitrogen and oxygen atoms in total. The lowest BCUT2D eigenvalue weighted by molar-refractivity contribution is -0.161. The molecule has 1 aliphatic carbocycles. The fraction of sp³-hybridized carbons (Fsp3) is 0.769. The first-order valence-corrected chi connectivity index (χ1v) is 5.53. The lowest BCUT2D eigenvalue weighted by Crippen LogP contribution is -2.29. The van der Waals surface area contributed by atoms with Crippen molar-refractivity contribution in [3.63, 3.8) is 0 Å². The number of hydrogen-bond acceptors (Lipinski definition) is 2. The predicted molar refractivity (Wildman–Crippen MR) is 61.5 cm³/mol. The summed E-state index contributed by atoms with van der Waals surface area (Å²) in [5.74, 6) is 0.315. The molecule has 0 aromatic rings. The van der Waals surface area contributed by atoms with Crippen LogP contribution in [0.2, 0.25) is 0 Å². The summed E-state index contributed by atoms with van der Waals surface area (Å²) in [7, 11) is 0. The minimum Gasteiger partial charge on any atom is -0.460 e. The van der Waals surface area contributed by atoms with Gasteiger partial charge in [0, 0.05) is 0 Å². The fourth-order valence-electron chi connectivity index (χ4n) is 1.67. The molecule has 1 rings (SSSR count). The maximum Gasteiger partial charge on any atom is 0.312 e. The van der Waals surface area contributed by atoms with Crippen molar-refractivity contribution in [2.75, 3.05) is 0 Å². The zero-order valence-corrected chi connectivity index (χ0v) is 10.7. The largest absolute Gasteiger partial charge is 0.460 e. The van der Waals surface area contributed by atoms with Crippen LogP contribution in [-0.4, -0.2) is 11.6 Å². The third-order valence-corrected chi connectivity index (χ3v) is 2.70. The average molecular weight is 210 g/mol. The van der Waals surface area contributed by atoms with Gasteiger partial charge in [0.15, 0.2) is 0 Å². The second kappa shape index (κ2) is 3.66. The minimum absolute atomic E-state index is 0.0579. The van der Waals surface area contributed by atoms with Crippen LogP contribution in [0.5, 0.6) is 0 Å². The van der Waals surface area contributed by atoms with Gasteiger partial charge in [-0.15, -0.1) is 0 Å². The fourth-order valence-corrected chi connectivity index (χ4v) is 1.67. The Hall–Kier alpha value is -0.790. The third-order valence-electron chi connectivity index (χ3n) is 2.70. The number of hydrogen-bond donors (Lipinski definition) is 0. The summed E-state index contributed by atoms with van der Waals surface area (Å²) in [5, 5.41) is 0. The summed E-state index contributed by atoms with van der Waals surface area (Å²) >= 11 is 0. The van der Waals surface area contributed by atoms with Gasteiger partial charge in [0.05, 0.1) is 5.41 Å². The van der Waals surface area contributed by atoms with Gasteiger partial charge in [0.2, 0.25) is 0 Å².